The van der Waals surface area contributed by atoms with E-state index in [4.69, 9.17) is 9.73 Å². The normalized spacial score (nSPS) is 14.7. The number of para-hydroxylation sites is 2. The molecule has 0 bridgehead atoms. The molecule has 6 aromatic rings. The summed E-state index contributed by atoms with van der Waals surface area (Å²) >= 11 is 1.28. The third-order valence-electron chi connectivity index (χ3n) is 8.12. The van der Waals surface area contributed by atoms with Gasteiger partial charge in [-0.3, -0.25) is 14.2 Å². The Morgan fingerprint density at radius 1 is 1.00 bits per heavy atom. The average Bonchev–Trinajstić information content (AvgIpc) is 3.57. The maximum Gasteiger partial charge on any atom is 0.271 e. The van der Waals surface area contributed by atoms with E-state index in [0.717, 1.165) is 16.5 Å². The van der Waals surface area contributed by atoms with E-state index in [1.807, 2.05) is 54.6 Å². The van der Waals surface area contributed by atoms with Crippen LogP contribution in [0, 0.1) is 0 Å². The number of carbonyl (C=O) groups excluding carboxylic acids is 1. The molecule has 0 saturated carbocycles. The van der Waals surface area contributed by atoms with E-state index in [0.29, 0.717) is 38.4 Å². The lowest BCUT2D eigenvalue weighted by Gasteiger charge is -2.25. The molecule has 7 rings (SSSR count). The van der Waals surface area contributed by atoms with Crippen LogP contribution in [0.2, 0.25) is 0 Å². The summed E-state index contributed by atoms with van der Waals surface area (Å²) in [7, 11) is 1.46. The zero-order chi connectivity index (χ0) is 31.8. The van der Waals surface area contributed by atoms with Crippen molar-refractivity contribution in [3.63, 3.8) is 0 Å². The van der Waals surface area contributed by atoms with Gasteiger partial charge in [0.05, 0.1) is 29.0 Å². The summed E-state index contributed by atoms with van der Waals surface area (Å²) in [5.74, 6) is -0.174. The lowest BCUT2D eigenvalue weighted by atomic mass is 9.94. The number of anilines is 1. The number of amides is 1. The van der Waals surface area contributed by atoms with Gasteiger partial charge in [0.15, 0.2) is 16.3 Å². The van der Waals surface area contributed by atoms with Crippen molar-refractivity contribution in [2.24, 2.45) is 4.99 Å². The molecule has 3 heterocycles. The van der Waals surface area contributed by atoms with Crippen LogP contribution in [0.25, 0.3) is 17.0 Å². The minimum absolute atomic E-state index is 0.0402. The number of carbonyl (C=O) groups is 1. The number of aromatic nitrogens is 2. The fourth-order valence-corrected chi connectivity index (χ4v) is 6.99. The molecule has 2 aromatic heterocycles. The number of benzene rings is 4. The van der Waals surface area contributed by atoms with Crippen LogP contribution in [0.3, 0.4) is 0 Å². The molecule has 0 saturated heterocycles. The molecule has 1 aliphatic heterocycles. The van der Waals surface area contributed by atoms with E-state index in [2.05, 4.69) is 40.3 Å². The van der Waals surface area contributed by atoms with E-state index < -0.39 is 6.04 Å². The molecule has 0 aliphatic carbocycles. The van der Waals surface area contributed by atoms with Gasteiger partial charge in [-0.1, -0.05) is 84.1 Å². The summed E-state index contributed by atoms with van der Waals surface area (Å²) < 4.78 is 9.65. The molecule has 9 heteroatoms. The number of rotatable bonds is 7. The van der Waals surface area contributed by atoms with E-state index in [-0.39, 0.29) is 23.0 Å². The predicted molar refractivity (Wildman–Crippen MR) is 181 cm³/mol. The first-order chi connectivity index (χ1) is 22.4. The summed E-state index contributed by atoms with van der Waals surface area (Å²) in [4.78, 5) is 33.4. The predicted octanol–water partition coefficient (Wildman–Crippen LogP) is 5.59. The molecule has 1 amide bonds. The zero-order valence-corrected chi connectivity index (χ0v) is 26.0. The second-order valence-electron chi connectivity index (χ2n) is 11.0. The number of allylic oxidation sites excluding steroid dienone is 1. The molecule has 0 unspecified atom stereocenters. The van der Waals surface area contributed by atoms with E-state index in [9.17, 15) is 14.7 Å². The Labute approximate surface area is 268 Å². The van der Waals surface area contributed by atoms with Crippen LogP contribution in [0.15, 0.2) is 130 Å². The minimum Gasteiger partial charge on any atom is -0.504 e. The van der Waals surface area contributed by atoms with Gasteiger partial charge >= 0.3 is 0 Å². The Morgan fingerprint density at radius 2 is 1.72 bits per heavy atom. The Morgan fingerprint density at radius 3 is 2.48 bits per heavy atom. The van der Waals surface area contributed by atoms with Gasteiger partial charge in [-0.25, -0.2) is 4.99 Å². The van der Waals surface area contributed by atoms with Crippen LogP contribution in [-0.4, -0.2) is 27.3 Å². The Hall–Kier alpha value is -5.67. The van der Waals surface area contributed by atoms with Crippen LogP contribution in [-0.2, 0) is 11.3 Å². The van der Waals surface area contributed by atoms with Crippen molar-refractivity contribution >= 4 is 39.9 Å². The highest BCUT2D eigenvalue weighted by atomic mass is 32.1. The van der Waals surface area contributed by atoms with Gasteiger partial charge in [0.25, 0.3) is 11.5 Å². The highest BCUT2D eigenvalue weighted by Gasteiger charge is 2.33. The first-order valence-corrected chi connectivity index (χ1v) is 15.6. The molecular weight excluding hydrogens is 596 g/mol. The maximum atomic E-state index is 14.3. The fourth-order valence-electron chi connectivity index (χ4n) is 5.95. The zero-order valence-electron chi connectivity index (χ0n) is 25.2. The van der Waals surface area contributed by atoms with Gasteiger partial charge in [0, 0.05) is 34.9 Å². The Kier molecular flexibility index (Phi) is 7.60. The van der Waals surface area contributed by atoms with Gasteiger partial charge in [-0.05, 0) is 54.5 Å². The molecule has 8 nitrogen and oxygen atoms in total. The van der Waals surface area contributed by atoms with Gasteiger partial charge in [0.2, 0.25) is 0 Å². The summed E-state index contributed by atoms with van der Waals surface area (Å²) in [5, 5.41) is 14.3. The molecule has 4 aromatic carbocycles. The molecule has 0 fully saturated rings. The first-order valence-electron chi connectivity index (χ1n) is 14.8. The largest absolute Gasteiger partial charge is 0.504 e. The topological polar surface area (TPSA) is 97.9 Å². The summed E-state index contributed by atoms with van der Waals surface area (Å²) in [6.45, 7) is 2.47. The van der Waals surface area contributed by atoms with Gasteiger partial charge in [-0.15, -0.1) is 0 Å². The van der Waals surface area contributed by atoms with E-state index in [1.165, 1.54) is 30.1 Å². The molecule has 1 atom stereocenters. The van der Waals surface area contributed by atoms with Crippen LogP contribution >= 0.6 is 11.3 Å². The number of nitrogens with one attached hydrogen (secondary N) is 1. The average molecular weight is 627 g/mol. The van der Waals surface area contributed by atoms with Gasteiger partial charge in [0.1, 0.15) is 0 Å². The summed E-state index contributed by atoms with van der Waals surface area (Å²) in [6.07, 6.45) is 3.98. The van der Waals surface area contributed by atoms with Crippen molar-refractivity contribution in [1.82, 2.24) is 9.13 Å². The number of nitrogens with zero attached hydrogens (tertiary/aromatic N) is 3. The molecule has 0 radical (unpaired) electrons. The van der Waals surface area contributed by atoms with Crippen molar-refractivity contribution in [1.29, 1.82) is 0 Å². The van der Waals surface area contributed by atoms with Crippen LogP contribution in [0.4, 0.5) is 5.69 Å². The highest BCUT2D eigenvalue weighted by Crippen LogP contribution is 2.35. The molecule has 46 heavy (non-hydrogen) atoms. The lowest BCUT2D eigenvalue weighted by Crippen LogP contribution is -2.40. The number of aromatic hydroxyl groups is 1. The summed E-state index contributed by atoms with van der Waals surface area (Å²) in [5.41, 5.74) is 4.95. The Balaban J connectivity index is 1.38. The molecule has 228 valence electrons. The fraction of sp³-hybridized carbons (Fsp3) is 0.108. The molecule has 0 spiro atoms. The van der Waals surface area contributed by atoms with E-state index in [1.54, 1.807) is 35.8 Å². The van der Waals surface area contributed by atoms with Crippen molar-refractivity contribution < 1.29 is 14.6 Å². The van der Waals surface area contributed by atoms with Crippen molar-refractivity contribution in [2.45, 2.75) is 19.5 Å². The van der Waals surface area contributed by atoms with Crippen molar-refractivity contribution in [2.75, 3.05) is 12.4 Å². The number of phenols is 1. The molecule has 1 aliphatic rings. The SMILES string of the molecule is COc1cc([C@@H]2C(C(=O)Nc3ccccc3)=C(C)N=c3s/c(=C\c4cn(Cc5ccccc5)c5ccccc45)c(=O)n32)ccc1O. The second kappa shape index (κ2) is 12.0. The number of hydrogen-bond donors (Lipinski definition) is 2. The number of ether oxygens (including phenoxy) is 1. The minimum atomic E-state index is -0.809. The quantitative estimate of drug-likeness (QED) is 0.242. The third kappa shape index (κ3) is 5.31. The van der Waals surface area contributed by atoms with Crippen LogP contribution in [0.1, 0.15) is 29.7 Å². The van der Waals surface area contributed by atoms with Crippen LogP contribution in [0.5, 0.6) is 11.5 Å². The number of phenolic OH excluding ortho intramolecular Hbond substituents is 1. The number of fused-ring (bicyclic) bond motifs is 2. The van der Waals surface area contributed by atoms with Crippen molar-refractivity contribution in [3.05, 3.63) is 157 Å². The lowest BCUT2D eigenvalue weighted by molar-refractivity contribution is -0.113. The van der Waals surface area contributed by atoms with Gasteiger partial charge in [-0.2, -0.15) is 0 Å². The standard InChI is InChI=1S/C37H30N4O4S/c1-23-33(35(43)39-27-13-7-4-8-14-27)34(25-17-18-30(42)31(19-25)45-2)41-36(44)32(46-37(41)38-23)20-26-22-40(21-24-11-5-3-6-12-24)29-16-10-9-15-28(26)29/h3-20,22,34,42H,21H2,1-2H3,(H,39,43)/b32-20-/t34-/m1/s1. The second-order valence-corrected chi connectivity index (χ2v) is 12.1. The number of thiazole rings is 1. The smallest absolute Gasteiger partial charge is 0.271 e. The summed E-state index contributed by atoms with van der Waals surface area (Å²) in [6, 6.07) is 31.6. The van der Waals surface area contributed by atoms with Gasteiger partial charge < -0.3 is 19.7 Å². The number of hydrogen-bond acceptors (Lipinski definition) is 6. The monoisotopic (exact) mass is 626 g/mol. The van der Waals surface area contributed by atoms with Crippen molar-refractivity contribution in [3.8, 4) is 11.5 Å². The third-order valence-corrected chi connectivity index (χ3v) is 9.10. The number of methoxy groups -OCH3 is 1. The molecular formula is C37H30N4O4S. The Bertz CT molecular complexity index is 2320. The van der Waals surface area contributed by atoms with E-state index >= 15 is 0 Å². The van der Waals surface area contributed by atoms with Crippen LogP contribution < -0.4 is 24.9 Å². The first kappa shape index (κ1) is 29.1. The highest BCUT2D eigenvalue weighted by molar-refractivity contribution is 7.07. The molecule has 2 N–H and O–H groups in total. The maximum absolute atomic E-state index is 14.3.